The normalized spacial score (nSPS) is 22.4. The molecule has 2 atom stereocenters. The van der Waals surface area contributed by atoms with Crippen LogP contribution in [0.5, 0.6) is 5.75 Å². The molecule has 1 saturated heterocycles. The monoisotopic (exact) mass is 280 g/mol. The Hall–Kier alpha value is -1.00. The van der Waals surface area contributed by atoms with E-state index in [1.54, 1.807) is 11.8 Å². The lowest BCUT2D eigenvalue weighted by atomic mass is 10.1. The molecule has 0 bridgehead atoms. The summed E-state index contributed by atoms with van der Waals surface area (Å²) in [4.78, 5) is 12.1. The van der Waals surface area contributed by atoms with E-state index in [1.807, 2.05) is 31.2 Å². The van der Waals surface area contributed by atoms with E-state index < -0.39 is 0 Å². The third-order valence-electron chi connectivity index (χ3n) is 3.22. The van der Waals surface area contributed by atoms with E-state index in [0.717, 1.165) is 24.3 Å². The van der Waals surface area contributed by atoms with Crippen LogP contribution in [0.1, 0.15) is 30.6 Å². The Kier molecular flexibility index (Phi) is 5.28. The van der Waals surface area contributed by atoms with Gasteiger partial charge in [0.2, 0.25) is 0 Å². The molecule has 1 aliphatic rings. The van der Waals surface area contributed by atoms with E-state index in [0.29, 0.717) is 17.6 Å². The van der Waals surface area contributed by atoms with Crippen molar-refractivity contribution in [1.29, 1.82) is 0 Å². The summed E-state index contributed by atoms with van der Waals surface area (Å²) in [7, 11) is 0. The molecule has 4 heteroatoms. The van der Waals surface area contributed by atoms with E-state index in [4.69, 9.17) is 9.47 Å². The number of Topliss-reactive ketones (excluding diaryl/α,β-unsaturated/α-hetero) is 1. The van der Waals surface area contributed by atoms with Gasteiger partial charge in [0.1, 0.15) is 5.75 Å². The van der Waals surface area contributed by atoms with Gasteiger partial charge in [-0.05, 0) is 44.5 Å². The summed E-state index contributed by atoms with van der Waals surface area (Å²) in [5, 5.41) is 0.451. The molecule has 1 heterocycles. The van der Waals surface area contributed by atoms with Gasteiger partial charge in [0.25, 0.3) is 0 Å². The molecular formula is C15H20O3S. The molecule has 0 N–H and O–H groups in total. The number of benzene rings is 1. The number of rotatable bonds is 6. The van der Waals surface area contributed by atoms with Crippen molar-refractivity contribution >= 4 is 17.5 Å². The lowest BCUT2D eigenvalue weighted by molar-refractivity contribution is 0.102. The minimum atomic E-state index is 0.173. The topological polar surface area (TPSA) is 35.5 Å². The molecule has 0 radical (unpaired) electrons. The summed E-state index contributed by atoms with van der Waals surface area (Å²) >= 11 is 1.70. The third kappa shape index (κ3) is 3.98. The van der Waals surface area contributed by atoms with E-state index in [1.165, 1.54) is 0 Å². The highest BCUT2D eigenvalue weighted by atomic mass is 32.2. The molecule has 3 nitrogen and oxygen atoms in total. The first-order chi connectivity index (χ1) is 9.20. The summed E-state index contributed by atoms with van der Waals surface area (Å²) in [5.74, 6) is 1.50. The highest BCUT2D eigenvalue weighted by Gasteiger charge is 2.25. The van der Waals surface area contributed by atoms with Gasteiger partial charge in [-0.1, -0.05) is 0 Å². The lowest BCUT2D eigenvalue weighted by Gasteiger charge is -2.12. The third-order valence-corrected chi connectivity index (χ3v) is 4.70. The van der Waals surface area contributed by atoms with Crippen LogP contribution in [-0.2, 0) is 4.74 Å². The number of hydrogen-bond acceptors (Lipinski definition) is 4. The molecule has 0 amide bonds. The quantitative estimate of drug-likeness (QED) is 0.750. The first kappa shape index (κ1) is 14.4. The molecule has 1 aromatic rings. The maximum absolute atomic E-state index is 12.1. The largest absolute Gasteiger partial charge is 0.494 e. The summed E-state index contributed by atoms with van der Waals surface area (Å²) in [6, 6.07) is 7.37. The number of carbonyl (C=O) groups excluding carboxylic acids is 1. The van der Waals surface area contributed by atoms with Crippen molar-refractivity contribution in [3.63, 3.8) is 0 Å². The highest BCUT2D eigenvalue weighted by Crippen LogP contribution is 2.27. The van der Waals surface area contributed by atoms with Gasteiger partial charge in [-0.25, -0.2) is 0 Å². The summed E-state index contributed by atoms with van der Waals surface area (Å²) in [6.45, 7) is 5.48. The molecule has 19 heavy (non-hydrogen) atoms. The van der Waals surface area contributed by atoms with Crippen molar-refractivity contribution in [1.82, 2.24) is 0 Å². The molecule has 104 valence electrons. The average molecular weight is 280 g/mol. The van der Waals surface area contributed by atoms with Crippen LogP contribution in [-0.4, -0.2) is 36.1 Å². The molecule has 0 spiro atoms. The summed E-state index contributed by atoms with van der Waals surface area (Å²) in [5.41, 5.74) is 0.752. The van der Waals surface area contributed by atoms with Crippen LogP contribution in [0.25, 0.3) is 0 Å². The van der Waals surface area contributed by atoms with Gasteiger partial charge >= 0.3 is 0 Å². The predicted octanol–water partition coefficient (Wildman–Crippen LogP) is 3.18. The van der Waals surface area contributed by atoms with Gasteiger partial charge in [0, 0.05) is 17.4 Å². The molecular weight excluding hydrogens is 260 g/mol. The zero-order valence-corrected chi connectivity index (χ0v) is 12.2. The highest BCUT2D eigenvalue weighted by molar-refractivity contribution is 8.00. The fraction of sp³-hybridized carbons (Fsp3) is 0.533. The molecule has 1 aliphatic heterocycles. The maximum atomic E-state index is 12.1. The Morgan fingerprint density at radius 2 is 2.16 bits per heavy atom. The molecule has 0 aliphatic carbocycles. The van der Waals surface area contributed by atoms with Crippen molar-refractivity contribution in [2.75, 3.05) is 19.0 Å². The van der Waals surface area contributed by atoms with Crippen LogP contribution in [0, 0.1) is 0 Å². The Morgan fingerprint density at radius 1 is 1.42 bits per heavy atom. The standard InChI is InChI=1S/C15H20O3S/c1-3-17-13-6-4-12(5-7-13)14(16)10-19-15-8-9-18-11(15)2/h4-7,11,15H,3,8-10H2,1-2H3. The van der Waals surface area contributed by atoms with Crippen molar-refractivity contribution in [2.45, 2.75) is 31.6 Å². The first-order valence-corrected chi connectivity index (χ1v) is 7.75. The van der Waals surface area contributed by atoms with Gasteiger partial charge in [0.15, 0.2) is 5.78 Å². The van der Waals surface area contributed by atoms with Gasteiger partial charge in [-0.3, -0.25) is 4.79 Å². The Labute approximate surface area is 118 Å². The number of ketones is 1. The smallest absolute Gasteiger partial charge is 0.172 e. The van der Waals surface area contributed by atoms with E-state index in [-0.39, 0.29) is 11.9 Å². The molecule has 0 saturated carbocycles. The molecule has 1 aromatic carbocycles. The van der Waals surface area contributed by atoms with Crippen LogP contribution in [0.3, 0.4) is 0 Å². The minimum absolute atomic E-state index is 0.173. The Balaban J connectivity index is 1.85. The predicted molar refractivity (Wildman–Crippen MR) is 78.2 cm³/mol. The van der Waals surface area contributed by atoms with Gasteiger partial charge in [0.05, 0.1) is 18.5 Å². The van der Waals surface area contributed by atoms with Crippen LogP contribution in [0.15, 0.2) is 24.3 Å². The Morgan fingerprint density at radius 3 is 2.74 bits per heavy atom. The second-order valence-electron chi connectivity index (χ2n) is 4.59. The summed E-state index contributed by atoms with van der Waals surface area (Å²) < 4.78 is 10.9. The second-order valence-corrected chi connectivity index (χ2v) is 5.82. The lowest BCUT2D eigenvalue weighted by Crippen LogP contribution is -2.16. The Bertz CT molecular complexity index is 416. The van der Waals surface area contributed by atoms with Crippen molar-refractivity contribution in [3.8, 4) is 5.75 Å². The number of carbonyl (C=O) groups is 1. The van der Waals surface area contributed by atoms with E-state index in [9.17, 15) is 4.79 Å². The zero-order valence-electron chi connectivity index (χ0n) is 11.4. The van der Waals surface area contributed by atoms with Gasteiger partial charge in [-0.2, -0.15) is 0 Å². The zero-order chi connectivity index (χ0) is 13.7. The number of hydrogen-bond donors (Lipinski definition) is 0. The van der Waals surface area contributed by atoms with Gasteiger partial charge in [-0.15, -0.1) is 11.8 Å². The number of thioether (sulfide) groups is 1. The second kappa shape index (κ2) is 6.96. The minimum Gasteiger partial charge on any atom is -0.494 e. The van der Waals surface area contributed by atoms with Crippen molar-refractivity contribution < 1.29 is 14.3 Å². The average Bonchev–Trinajstić information content (AvgIpc) is 2.83. The SMILES string of the molecule is CCOc1ccc(C(=O)CSC2CCOC2C)cc1. The molecule has 1 fully saturated rings. The van der Waals surface area contributed by atoms with E-state index >= 15 is 0 Å². The van der Waals surface area contributed by atoms with Crippen LogP contribution < -0.4 is 4.74 Å². The van der Waals surface area contributed by atoms with E-state index in [2.05, 4.69) is 6.92 Å². The van der Waals surface area contributed by atoms with Crippen LogP contribution in [0.4, 0.5) is 0 Å². The van der Waals surface area contributed by atoms with Crippen LogP contribution in [0.2, 0.25) is 0 Å². The fourth-order valence-electron chi connectivity index (χ4n) is 2.10. The maximum Gasteiger partial charge on any atom is 0.172 e. The summed E-state index contributed by atoms with van der Waals surface area (Å²) in [6.07, 6.45) is 1.31. The molecule has 2 unspecified atom stereocenters. The molecule has 0 aromatic heterocycles. The van der Waals surface area contributed by atoms with Crippen molar-refractivity contribution in [2.24, 2.45) is 0 Å². The van der Waals surface area contributed by atoms with Crippen molar-refractivity contribution in [3.05, 3.63) is 29.8 Å². The van der Waals surface area contributed by atoms with Crippen LogP contribution >= 0.6 is 11.8 Å². The fourth-order valence-corrected chi connectivity index (χ4v) is 3.25. The number of ether oxygens (including phenoxy) is 2. The van der Waals surface area contributed by atoms with Gasteiger partial charge < -0.3 is 9.47 Å². The first-order valence-electron chi connectivity index (χ1n) is 6.70. The molecule has 2 rings (SSSR count).